The minimum Gasteiger partial charge on any atom is -0.459 e. The van der Waals surface area contributed by atoms with E-state index in [2.05, 4.69) is 21.2 Å². The SMILES string of the molecule is C[C@]12CCC(=O)N1[C@H](C(=O)NCc1ccc(-c3ccc(Br)cc3)o1)CS2. The maximum Gasteiger partial charge on any atom is 0.244 e. The minimum atomic E-state index is -0.388. The van der Waals surface area contributed by atoms with Gasteiger partial charge in [0.1, 0.15) is 17.6 Å². The van der Waals surface area contributed by atoms with Crippen molar-refractivity contribution in [2.45, 2.75) is 37.2 Å². The predicted molar refractivity (Wildman–Crippen MR) is 104 cm³/mol. The van der Waals surface area contributed by atoms with E-state index in [0.29, 0.717) is 24.5 Å². The van der Waals surface area contributed by atoms with Crippen LogP contribution in [0.4, 0.5) is 0 Å². The molecule has 0 unspecified atom stereocenters. The fourth-order valence-electron chi connectivity index (χ4n) is 3.55. The van der Waals surface area contributed by atoms with Gasteiger partial charge in [-0.25, -0.2) is 0 Å². The van der Waals surface area contributed by atoms with Crippen molar-refractivity contribution in [3.8, 4) is 11.3 Å². The lowest BCUT2D eigenvalue weighted by molar-refractivity contribution is -0.138. The summed E-state index contributed by atoms with van der Waals surface area (Å²) < 4.78 is 6.85. The van der Waals surface area contributed by atoms with Crippen LogP contribution in [0.25, 0.3) is 11.3 Å². The number of fused-ring (bicyclic) bond motifs is 1. The second-order valence-electron chi connectivity index (χ2n) is 6.76. The maximum atomic E-state index is 12.6. The number of thioether (sulfide) groups is 1. The van der Waals surface area contributed by atoms with Gasteiger partial charge in [-0.05, 0) is 37.6 Å². The van der Waals surface area contributed by atoms with Crippen molar-refractivity contribution in [2.75, 3.05) is 5.75 Å². The van der Waals surface area contributed by atoms with Gasteiger partial charge in [0.05, 0.1) is 11.4 Å². The Hall–Kier alpha value is -1.73. The third kappa shape index (κ3) is 3.18. The molecular formula is C19H19BrN2O3S. The van der Waals surface area contributed by atoms with Gasteiger partial charge in [-0.1, -0.05) is 28.1 Å². The molecule has 26 heavy (non-hydrogen) atoms. The number of furan rings is 1. The van der Waals surface area contributed by atoms with Gasteiger partial charge >= 0.3 is 0 Å². The summed E-state index contributed by atoms with van der Waals surface area (Å²) in [6.07, 6.45) is 1.34. The Morgan fingerprint density at radius 3 is 2.88 bits per heavy atom. The van der Waals surface area contributed by atoms with E-state index in [-0.39, 0.29) is 22.7 Å². The summed E-state index contributed by atoms with van der Waals surface area (Å²) in [5, 5.41) is 2.92. The van der Waals surface area contributed by atoms with E-state index in [1.807, 2.05) is 43.3 Å². The smallest absolute Gasteiger partial charge is 0.244 e. The van der Waals surface area contributed by atoms with Crippen molar-refractivity contribution in [3.63, 3.8) is 0 Å². The normalized spacial score (nSPS) is 24.8. The largest absolute Gasteiger partial charge is 0.459 e. The van der Waals surface area contributed by atoms with E-state index >= 15 is 0 Å². The molecule has 2 aliphatic heterocycles. The Morgan fingerprint density at radius 1 is 1.35 bits per heavy atom. The molecule has 1 aromatic heterocycles. The van der Waals surface area contributed by atoms with Crippen LogP contribution in [-0.2, 0) is 16.1 Å². The fraction of sp³-hybridized carbons (Fsp3) is 0.368. The second-order valence-corrected chi connectivity index (χ2v) is 9.17. The molecule has 2 aromatic rings. The van der Waals surface area contributed by atoms with Crippen molar-refractivity contribution in [3.05, 3.63) is 46.6 Å². The van der Waals surface area contributed by atoms with E-state index in [0.717, 1.165) is 22.2 Å². The minimum absolute atomic E-state index is 0.0770. The monoisotopic (exact) mass is 434 g/mol. The maximum absolute atomic E-state index is 12.6. The third-order valence-corrected chi connectivity index (χ3v) is 7.01. The number of halogens is 1. The topological polar surface area (TPSA) is 62.6 Å². The number of rotatable bonds is 4. The predicted octanol–water partition coefficient (Wildman–Crippen LogP) is 3.78. The van der Waals surface area contributed by atoms with Gasteiger partial charge in [0, 0.05) is 22.2 Å². The van der Waals surface area contributed by atoms with Gasteiger partial charge in [0.15, 0.2) is 0 Å². The molecule has 1 aromatic carbocycles. The van der Waals surface area contributed by atoms with Gasteiger partial charge in [0.25, 0.3) is 0 Å². The number of benzene rings is 1. The Balaban J connectivity index is 1.39. The first-order chi connectivity index (χ1) is 12.5. The highest BCUT2D eigenvalue weighted by Crippen LogP contribution is 2.47. The zero-order chi connectivity index (χ0) is 18.3. The molecule has 2 amide bonds. The molecule has 0 aliphatic carbocycles. The molecule has 7 heteroatoms. The molecule has 2 fully saturated rings. The number of hydrogen-bond donors (Lipinski definition) is 1. The second kappa shape index (κ2) is 6.78. The summed E-state index contributed by atoms with van der Waals surface area (Å²) in [7, 11) is 0. The van der Waals surface area contributed by atoms with Gasteiger partial charge in [-0.15, -0.1) is 11.8 Å². The van der Waals surface area contributed by atoms with Gasteiger partial charge in [-0.3, -0.25) is 9.59 Å². The Kier molecular flexibility index (Phi) is 4.61. The van der Waals surface area contributed by atoms with E-state index in [1.165, 1.54) is 0 Å². The zero-order valence-electron chi connectivity index (χ0n) is 14.3. The molecule has 136 valence electrons. The van der Waals surface area contributed by atoms with Crippen molar-refractivity contribution >= 4 is 39.5 Å². The summed E-state index contributed by atoms with van der Waals surface area (Å²) in [4.78, 5) is 26.3. The standard InChI is InChI=1S/C19H19BrN2O3S/c1-19-9-8-17(23)22(19)15(11-26-19)18(24)21-10-14-6-7-16(25-14)12-2-4-13(20)5-3-12/h2-7,15H,8-11H2,1H3,(H,21,24)/t15-,19-/m0/s1. The molecule has 5 nitrogen and oxygen atoms in total. The van der Waals surface area contributed by atoms with Crippen LogP contribution in [0.15, 0.2) is 45.3 Å². The number of hydrogen-bond acceptors (Lipinski definition) is 4. The van der Waals surface area contributed by atoms with E-state index < -0.39 is 0 Å². The molecule has 2 saturated heterocycles. The molecule has 0 bridgehead atoms. The molecule has 0 saturated carbocycles. The van der Waals surface area contributed by atoms with Crippen LogP contribution in [-0.4, -0.2) is 33.4 Å². The van der Waals surface area contributed by atoms with Crippen LogP contribution in [0.3, 0.4) is 0 Å². The highest BCUT2D eigenvalue weighted by atomic mass is 79.9. The van der Waals surface area contributed by atoms with Gasteiger partial charge in [-0.2, -0.15) is 0 Å². The highest BCUT2D eigenvalue weighted by Gasteiger charge is 2.52. The average molecular weight is 435 g/mol. The van der Waals surface area contributed by atoms with Crippen LogP contribution >= 0.6 is 27.7 Å². The lowest BCUT2D eigenvalue weighted by atomic mass is 10.2. The van der Waals surface area contributed by atoms with Crippen molar-refractivity contribution < 1.29 is 14.0 Å². The molecule has 4 rings (SSSR count). The molecule has 0 radical (unpaired) electrons. The van der Waals surface area contributed by atoms with E-state index in [4.69, 9.17) is 4.42 Å². The number of nitrogens with zero attached hydrogens (tertiary/aromatic N) is 1. The summed E-state index contributed by atoms with van der Waals surface area (Å²) in [6, 6.07) is 11.2. The molecule has 0 spiro atoms. The Labute approximate surface area is 164 Å². The number of carbonyl (C=O) groups excluding carboxylic acids is 2. The van der Waals surface area contributed by atoms with Gasteiger partial charge in [0.2, 0.25) is 11.8 Å². The Morgan fingerprint density at radius 2 is 2.12 bits per heavy atom. The average Bonchev–Trinajstić information content (AvgIpc) is 3.30. The number of carbonyl (C=O) groups is 2. The first-order valence-corrected chi connectivity index (χ1v) is 10.3. The first kappa shape index (κ1) is 17.7. The van der Waals surface area contributed by atoms with Crippen LogP contribution in [0.5, 0.6) is 0 Å². The molecular weight excluding hydrogens is 416 g/mol. The van der Waals surface area contributed by atoms with Crippen molar-refractivity contribution in [2.24, 2.45) is 0 Å². The summed E-state index contributed by atoms with van der Waals surface area (Å²) in [5.74, 6) is 2.07. The molecule has 3 heterocycles. The summed E-state index contributed by atoms with van der Waals surface area (Å²) in [6.45, 7) is 2.36. The number of amides is 2. The van der Waals surface area contributed by atoms with Gasteiger partial charge < -0.3 is 14.6 Å². The number of nitrogens with one attached hydrogen (secondary N) is 1. The molecule has 2 aliphatic rings. The van der Waals surface area contributed by atoms with Crippen molar-refractivity contribution in [1.29, 1.82) is 0 Å². The quantitative estimate of drug-likeness (QED) is 0.794. The van der Waals surface area contributed by atoms with E-state index in [9.17, 15) is 9.59 Å². The van der Waals surface area contributed by atoms with Crippen LogP contribution < -0.4 is 5.32 Å². The lowest BCUT2D eigenvalue weighted by Gasteiger charge is -2.29. The van der Waals surface area contributed by atoms with Crippen molar-refractivity contribution in [1.82, 2.24) is 10.2 Å². The third-order valence-electron chi connectivity index (χ3n) is 4.97. The Bertz CT molecular complexity index is 851. The lowest BCUT2D eigenvalue weighted by Crippen LogP contribution is -2.49. The molecule has 1 N–H and O–H groups in total. The van der Waals surface area contributed by atoms with Crippen LogP contribution in [0.2, 0.25) is 0 Å². The summed E-state index contributed by atoms with van der Waals surface area (Å²) in [5.41, 5.74) is 0.983. The zero-order valence-corrected chi connectivity index (χ0v) is 16.7. The van der Waals surface area contributed by atoms with E-state index in [1.54, 1.807) is 16.7 Å². The van der Waals surface area contributed by atoms with Crippen LogP contribution in [0.1, 0.15) is 25.5 Å². The summed E-state index contributed by atoms with van der Waals surface area (Å²) >= 11 is 5.11. The molecule has 2 atom stereocenters. The van der Waals surface area contributed by atoms with Crippen LogP contribution in [0, 0.1) is 0 Å². The highest BCUT2D eigenvalue weighted by molar-refractivity contribution is 9.10. The first-order valence-electron chi connectivity index (χ1n) is 8.55. The fourth-order valence-corrected chi connectivity index (χ4v) is 5.25.